The third-order valence-corrected chi connectivity index (χ3v) is 2.86. The molecule has 1 atom stereocenters. The number of benzene rings is 1. The molecule has 0 fully saturated rings. The number of hydrogen-bond donors (Lipinski definition) is 1. The quantitative estimate of drug-likeness (QED) is 0.862. The van der Waals surface area contributed by atoms with Gasteiger partial charge in [-0.25, -0.2) is 13.6 Å². The molecule has 1 N–H and O–H groups in total. The Kier molecular flexibility index (Phi) is 4.88. The summed E-state index contributed by atoms with van der Waals surface area (Å²) in [6.07, 6.45) is 1.30. The van der Waals surface area contributed by atoms with Crippen molar-refractivity contribution in [2.75, 3.05) is 6.61 Å². The SMILES string of the molecule is C[C@@H](NC(=O)COC(=O)c1ccco1)c1ccc(F)cc1F. The van der Waals surface area contributed by atoms with Crippen LogP contribution in [0.3, 0.4) is 0 Å². The molecule has 0 bridgehead atoms. The lowest BCUT2D eigenvalue weighted by molar-refractivity contribution is -0.124. The minimum atomic E-state index is -0.777. The smallest absolute Gasteiger partial charge is 0.374 e. The van der Waals surface area contributed by atoms with Gasteiger partial charge in [-0.3, -0.25) is 4.79 Å². The molecule has 0 saturated carbocycles. The van der Waals surface area contributed by atoms with Gasteiger partial charge in [0.25, 0.3) is 5.91 Å². The summed E-state index contributed by atoms with van der Waals surface area (Å²) in [4.78, 5) is 23.1. The fourth-order valence-electron chi connectivity index (χ4n) is 1.81. The minimum Gasteiger partial charge on any atom is -0.457 e. The van der Waals surface area contributed by atoms with Crippen molar-refractivity contribution in [3.8, 4) is 0 Å². The van der Waals surface area contributed by atoms with Crippen LogP contribution in [-0.4, -0.2) is 18.5 Å². The van der Waals surface area contributed by atoms with E-state index in [-0.39, 0.29) is 11.3 Å². The predicted octanol–water partition coefficient (Wildman–Crippen LogP) is 2.59. The van der Waals surface area contributed by atoms with Crippen molar-refractivity contribution >= 4 is 11.9 Å². The Morgan fingerprint density at radius 3 is 2.73 bits per heavy atom. The third kappa shape index (κ3) is 3.91. The van der Waals surface area contributed by atoms with Crippen LogP contribution in [0.25, 0.3) is 0 Å². The van der Waals surface area contributed by atoms with E-state index < -0.39 is 36.2 Å². The second-order valence-corrected chi connectivity index (χ2v) is 4.51. The molecule has 0 aliphatic carbocycles. The van der Waals surface area contributed by atoms with E-state index >= 15 is 0 Å². The number of hydrogen-bond acceptors (Lipinski definition) is 4. The number of rotatable bonds is 5. The van der Waals surface area contributed by atoms with Gasteiger partial charge in [-0.05, 0) is 25.1 Å². The summed E-state index contributed by atoms with van der Waals surface area (Å²) in [6.45, 7) is 0.995. The number of halogens is 2. The van der Waals surface area contributed by atoms with Crippen molar-refractivity contribution in [3.63, 3.8) is 0 Å². The molecule has 7 heteroatoms. The molecule has 2 rings (SSSR count). The molecule has 0 aliphatic heterocycles. The molecule has 1 aromatic carbocycles. The number of ether oxygens (including phenoxy) is 1. The average Bonchev–Trinajstić information content (AvgIpc) is 2.98. The number of furan rings is 1. The molecule has 116 valence electrons. The second-order valence-electron chi connectivity index (χ2n) is 4.51. The van der Waals surface area contributed by atoms with Crippen LogP contribution >= 0.6 is 0 Å². The van der Waals surface area contributed by atoms with E-state index in [1.807, 2.05) is 0 Å². The fourth-order valence-corrected chi connectivity index (χ4v) is 1.81. The van der Waals surface area contributed by atoms with Crippen LogP contribution < -0.4 is 5.32 Å². The maximum Gasteiger partial charge on any atom is 0.374 e. The maximum atomic E-state index is 13.6. The summed E-state index contributed by atoms with van der Waals surface area (Å²) in [5.74, 6) is -2.88. The lowest BCUT2D eigenvalue weighted by Gasteiger charge is -2.15. The Hall–Kier alpha value is -2.70. The molecule has 1 amide bonds. The summed E-state index contributed by atoms with van der Waals surface area (Å²) < 4.78 is 35.9. The Balaban J connectivity index is 1.87. The first-order valence-electron chi connectivity index (χ1n) is 6.42. The van der Waals surface area contributed by atoms with Gasteiger partial charge in [-0.1, -0.05) is 6.07 Å². The summed E-state index contributed by atoms with van der Waals surface area (Å²) in [7, 11) is 0. The highest BCUT2D eigenvalue weighted by Gasteiger charge is 2.16. The molecule has 0 unspecified atom stereocenters. The minimum absolute atomic E-state index is 0.0228. The number of carbonyl (C=O) groups excluding carboxylic acids is 2. The van der Waals surface area contributed by atoms with Gasteiger partial charge in [0.05, 0.1) is 12.3 Å². The number of esters is 1. The van der Waals surface area contributed by atoms with E-state index in [0.717, 1.165) is 12.1 Å². The predicted molar refractivity (Wildman–Crippen MR) is 71.9 cm³/mol. The van der Waals surface area contributed by atoms with Crippen molar-refractivity contribution in [1.82, 2.24) is 5.32 Å². The summed E-state index contributed by atoms with van der Waals surface area (Å²) >= 11 is 0. The lowest BCUT2D eigenvalue weighted by Crippen LogP contribution is -2.31. The van der Waals surface area contributed by atoms with Crippen molar-refractivity contribution in [2.45, 2.75) is 13.0 Å². The van der Waals surface area contributed by atoms with E-state index in [1.165, 1.54) is 31.4 Å². The van der Waals surface area contributed by atoms with Crippen molar-refractivity contribution in [1.29, 1.82) is 0 Å². The van der Waals surface area contributed by atoms with Crippen LogP contribution in [-0.2, 0) is 9.53 Å². The summed E-state index contributed by atoms with van der Waals surface area (Å²) in [6, 6.07) is 5.28. The van der Waals surface area contributed by atoms with Crippen LogP contribution in [0.4, 0.5) is 8.78 Å². The molecular formula is C15H13F2NO4. The monoisotopic (exact) mass is 309 g/mol. The van der Waals surface area contributed by atoms with Crippen LogP contribution in [0.1, 0.15) is 29.1 Å². The molecule has 2 aromatic rings. The highest BCUT2D eigenvalue weighted by molar-refractivity contribution is 5.88. The Morgan fingerprint density at radius 2 is 2.09 bits per heavy atom. The fraction of sp³-hybridized carbons (Fsp3) is 0.200. The number of nitrogens with one attached hydrogen (secondary N) is 1. The van der Waals surface area contributed by atoms with E-state index in [0.29, 0.717) is 0 Å². The molecule has 0 radical (unpaired) electrons. The molecule has 1 aromatic heterocycles. The van der Waals surface area contributed by atoms with Gasteiger partial charge in [0.15, 0.2) is 6.61 Å². The van der Waals surface area contributed by atoms with Crippen LogP contribution in [0.5, 0.6) is 0 Å². The topological polar surface area (TPSA) is 68.5 Å². The van der Waals surface area contributed by atoms with Gasteiger partial charge in [0, 0.05) is 11.6 Å². The molecule has 1 heterocycles. The van der Waals surface area contributed by atoms with Gasteiger partial charge in [0.2, 0.25) is 5.76 Å². The standard InChI is InChI=1S/C15H13F2NO4/c1-9(11-5-4-10(16)7-12(11)17)18-14(19)8-22-15(20)13-3-2-6-21-13/h2-7,9H,8H2,1H3,(H,18,19)/t9-/m1/s1. The van der Waals surface area contributed by atoms with Gasteiger partial charge in [-0.2, -0.15) is 0 Å². The first-order chi connectivity index (χ1) is 10.5. The maximum absolute atomic E-state index is 13.6. The second kappa shape index (κ2) is 6.84. The largest absolute Gasteiger partial charge is 0.457 e. The average molecular weight is 309 g/mol. The van der Waals surface area contributed by atoms with Crippen LogP contribution in [0, 0.1) is 11.6 Å². The van der Waals surface area contributed by atoms with Crippen LogP contribution in [0.2, 0.25) is 0 Å². The molecule has 0 spiro atoms. The number of carbonyl (C=O) groups is 2. The molecular weight excluding hydrogens is 296 g/mol. The lowest BCUT2D eigenvalue weighted by atomic mass is 10.1. The van der Waals surface area contributed by atoms with Gasteiger partial charge in [0.1, 0.15) is 11.6 Å². The normalized spacial score (nSPS) is 11.8. The van der Waals surface area contributed by atoms with Crippen molar-refractivity contribution < 1.29 is 27.5 Å². The first-order valence-corrected chi connectivity index (χ1v) is 6.42. The summed E-state index contributed by atoms with van der Waals surface area (Å²) in [5.41, 5.74) is 0.132. The van der Waals surface area contributed by atoms with Crippen molar-refractivity contribution in [2.24, 2.45) is 0 Å². The molecule has 22 heavy (non-hydrogen) atoms. The zero-order valence-corrected chi connectivity index (χ0v) is 11.6. The molecule has 5 nitrogen and oxygen atoms in total. The zero-order chi connectivity index (χ0) is 16.1. The molecule has 0 aliphatic rings. The highest BCUT2D eigenvalue weighted by Crippen LogP contribution is 2.17. The highest BCUT2D eigenvalue weighted by atomic mass is 19.1. The Labute approximate surface area is 124 Å². The van der Waals surface area contributed by atoms with E-state index in [4.69, 9.17) is 9.15 Å². The Bertz CT molecular complexity index is 670. The molecule has 0 saturated heterocycles. The number of amides is 1. The van der Waals surface area contributed by atoms with Crippen LogP contribution in [0.15, 0.2) is 41.0 Å². The van der Waals surface area contributed by atoms with E-state index in [2.05, 4.69) is 5.32 Å². The summed E-state index contributed by atoms with van der Waals surface area (Å²) in [5, 5.41) is 2.45. The zero-order valence-electron chi connectivity index (χ0n) is 11.6. The van der Waals surface area contributed by atoms with Gasteiger partial charge >= 0.3 is 5.97 Å². The third-order valence-electron chi connectivity index (χ3n) is 2.86. The van der Waals surface area contributed by atoms with Crippen molar-refractivity contribution in [3.05, 3.63) is 59.6 Å². The van der Waals surface area contributed by atoms with Gasteiger partial charge in [-0.15, -0.1) is 0 Å². The van der Waals surface area contributed by atoms with E-state index in [1.54, 1.807) is 0 Å². The first kappa shape index (κ1) is 15.7. The Morgan fingerprint density at radius 1 is 1.32 bits per heavy atom. The van der Waals surface area contributed by atoms with E-state index in [9.17, 15) is 18.4 Å². The van der Waals surface area contributed by atoms with Gasteiger partial charge < -0.3 is 14.5 Å².